The monoisotopic (exact) mass is 821 g/mol. The second kappa shape index (κ2) is 46.5. The van der Waals surface area contributed by atoms with E-state index >= 15 is 0 Å². The first-order valence-corrected chi connectivity index (χ1v) is 25.9. The molecule has 0 bridgehead atoms. The maximum atomic E-state index is 12.8. The lowest BCUT2D eigenvalue weighted by Gasteiger charge is -2.18. The fourth-order valence-electron chi connectivity index (χ4n) is 7.86. The van der Waals surface area contributed by atoms with Crippen molar-refractivity contribution in [1.82, 2.24) is 0 Å². The summed E-state index contributed by atoms with van der Waals surface area (Å²) in [6.07, 6.45) is 48.0. The molecular weight excluding hydrogens is 721 g/mol. The van der Waals surface area contributed by atoms with Crippen LogP contribution in [0.15, 0.2) is 0 Å². The van der Waals surface area contributed by atoms with Crippen molar-refractivity contribution in [3.05, 3.63) is 0 Å². The Kier molecular flexibility index (Phi) is 45.2. The highest BCUT2D eigenvalue weighted by Gasteiger charge is 2.19. The van der Waals surface area contributed by atoms with Gasteiger partial charge in [0.1, 0.15) is 13.2 Å². The number of hydrogen-bond acceptors (Lipinski definition) is 6. The van der Waals surface area contributed by atoms with Crippen LogP contribution in [0.4, 0.5) is 0 Å². The van der Waals surface area contributed by atoms with Crippen LogP contribution in [-0.2, 0) is 28.6 Å². The highest BCUT2D eigenvalue weighted by molar-refractivity contribution is 5.71. The first kappa shape index (κ1) is 56.4. The largest absolute Gasteiger partial charge is 0.462 e. The molecule has 0 saturated heterocycles. The molecule has 344 valence electrons. The molecule has 0 aliphatic heterocycles. The molecule has 0 heterocycles. The van der Waals surface area contributed by atoms with E-state index in [1.165, 1.54) is 186 Å². The van der Waals surface area contributed by atoms with Gasteiger partial charge in [0, 0.05) is 19.3 Å². The molecule has 0 rings (SSSR count). The van der Waals surface area contributed by atoms with E-state index in [-0.39, 0.29) is 31.1 Å². The van der Waals surface area contributed by atoms with Gasteiger partial charge in [-0.3, -0.25) is 14.4 Å². The smallest absolute Gasteiger partial charge is 0.306 e. The average Bonchev–Trinajstić information content (AvgIpc) is 3.21. The minimum absolute atomic E-state index is 0.0627. The molecule has 0 aromatic heterocycles. The second-order valence-electron chi connectivity index (χ2n) is 18.3. The predicted molar refractivity (Wildman–Crippen MR) is 247 cm³/mol. The van der Waals surface area contributed by atoms with Gasteiger partial charge in [0.2, 0.25) is 0 Å². The van der Waals surface area contributed by atoms with E-state index in [9.17, 15) is 14.4 Å². The van der Waals surface area contributed by atoms with Crippen molar-refractivity contribution < 1.29 is 28.6 Å². The van der Waals surface area contributed by atoms with Crippen molar-refractivity contribution >= 4 is 17.9 Å². The zero-order chi connectivity index (χ0) is 42.4. The van der Waals surface area contributed by atoms with Gasteiger partial charge in [0.25, 0.3) is 0 Å². The van der Waals surface area contributed by atoms with Crippen molar-refractivity contribution in [2.24, 2.45) is 5.92 Å². The van der Waals surface area contributed by atoms with E-state index < -0.39 is 6.10 Å². The summed E-state index contributed by atoms with van der Waals surface area (Å²) in [5.74, 6) is -0.00288. The van der Waals surface area contributed by atoms with Crippen molar-refractivity contribution in [1.29, 1.82) is 0 Å². The van der Waals surface area contributed by atoms with Crippen LogP contribution in [0.2, 0.25) is 0 Å². The molecule has 0 spiro atoms. The van der Waals surface area contributed by atoms with Crippen LogP contribution in [0.1, 0.15) is 291 Å². The normalized spacial score (nSPS) is 11.9. The molecule has 0 radical (unpaired) electrons. The standard InChI is InChI=1S/C52H100O6/c1-5-7-9-11-13-15-16-17-21-24-28-32-36-40-44-51(54)57-47-49(46-56-50(53)43-39-35-31-26-14-12-10-8-6-2)58-52(55)45-41-37-33-29-25-22-19-18-20-23-27-30-34-38-42-48(3)4/h48-49H,5-47H2,1-4H3/t49-/m1/s1. The lowest BCUT2D eigenvalue weighted by Crippen LogP contribution is -2.30. The van der Waals surface area contributed by atoms with Crippen LogP contribution in [0.5, 0.6) is 0 Å². The molecule has 1 atom stereocenters. The summed E-state index contributed by atoms with van der Waals surface area (Å²) in [7, 11) is 0. The number of ether oxygens (including phenoxy) is 3. The Morgan fingerprint density at radius 2 is 0.569 bits per heavy atom. The van der Waals surface area contributed by atoms with Gasteiger partial charge in [-0.25, -0.2) is 0 Å². The quantitative estimate of drug-likeness (QED) is 0.0346. The molecule has 0 aliphatic rings. The Bertz CT molecular complexity index is 872. The zero-order valence-corrected chi connectivity index (χ0v) is 39.5. The van der Waals surface area contributed by atoms with E-state index in [1.807, 2.05) is 0 Å². The summed E-state index contributed by atoms with van der Waals surface area (Å²) < 4.78 is 16.8. The fourth-order valence-corrected chi connectivity index (χ4v) is 7.86. The van der Waals surface area contributed by atoms with Crippen LogP contribution >= 0.6 is 0 Å². The van der Waals surface area contributed by atoms with Gasteiger partial charge in [0.15, 0.2) is 6.10 Å². The summed E-state index contributed by atoms with van der Waals surface area (Å²) >= 11 is 0. The van der Waals surface area contributed by atoms with Crippen LogP contribution < -0.4 is 0 Å². The van der Waals surface area contributed by atoms with E-state index in [1.54, 1.807) is 0 Å². The Morgan fingerprint density at radius 3 is 0.845 bits per heavy atom. The molecule has 58 heavy (non-hydrogen) atoms. The Balaban J connectivity index is 4.26. The maximum absolute atomic E-state index is 12.8. The van der Waals surface area contributed by atoms with Crippen LogP contribution in [-0.4, -0.2) is 37.2 Å². The molecule has 6 nitrogen and oxygen atoms in total. The SMILES string of the molecule is CCCCCCCCCCCCCCCCC(=O)OC[C@@H](COC(=O)CCCCCCCCCCC)OC(=O)CCCCCCCCCCCCCCCCC(C)C. The molecule has 0 N–H and O–H groups in total. The molecule has 0 amide bonds. The molecule has 6 heteroatoms. The first-order valence-electron chi connectivity index (χ1n) is 25.9. The maximum Gasteiger partial charge on any atom is 0.306 e. The molecule has 0 aromatic rings. The fraction of sp³-hybridized carbons (Fsp3) is 0.942. The number of hydrogen-bond donors (Lipinski definition) is 0. The molecule has 0 fully saturated rings. The Labute approximate surface area is 361 Å². The van der Waals surface area contributed by atoms with Gasteiger partial charge >= 0.3 is 17.9 Å². The van der Waals surface area contributed by atoms with Crippen LogP contribution in [0.3, 0.4) is 0 Å². The Hall–Kier alpha value is -1.59. The van der Waals surface area contributed by atoms with Gasteiger partial charge in [-0.1, -0.05) is 252 Å². The van der Waals surface area contributed by atoms with Gasteiger partial charge in [-0.2, -0.15) is 0 Å². The van der Waals surface area contributed by atoms with Crippen molar-refractivity contribution in [2.75, 3.05) is 13.2 Å². The predicted octanol–water partition coefficient (Wildman–Crippen LogP) is 16.7. The average molecular weight is 821 g/mol. The summed E-state index contributed by atoms with van der Waals surface area (Å²) in [5.41, 5.74) is 0. The molecule has 0 unspecified atom stereocenters. The summed E-state index contributed by atoms with van der Waals surface area (Å²) in [4.78, 5) is 37.9. The van der Waals surface area contributed by atoms with E-state index in [0.29, 0.717) is 19.3 Å². The zero-order valence-electron chi connectivity index (χ0n) is 39.5. The van der Waals surface area contributed by atoms with E-state index in [2.05, 4.69) is 27.7 Å². The van der Waals surface area contributed by atoms with E-state index in [4.69, 9.17) is 14.2 Å². The van der Waals surface area contributed by atoms with Gasteiger partial charge in [0.05, 0.1) is 0 Å². The summed E-state index contributed by atoms with van der Waals surface area (Å²) in [6.45, 7) is 9.02. The first-order chi connectivity index (χ1) is 28.4. The lowest BCUT2D eigenvalue weighted by atomic mass is 10.0. The van der Waals surface area contributed by atoms with Crippen molar-refractivity contribution in [2.45, 2.75) is 297 Å². The molecular formula is C52H100O6. The van der Waals surface area contributed by atoms with Gasteiger partial charge in [-0.05, 0) is 25.2 Å². The third-order valence-corrected chi connectivity index (χ3v) is 11.8. The highest BCUT2D eigenvalue weighted by Crippen LogP contribution is 2.17. The minimum atomic E-state index is -0.760. The Morgan fingerprint density at radius 1 is 0.328 bits per heavy atom. The number of esters is 3. The third-order valence-electron chi connectivity index (χ3n) is 11.8. The van der Waals surface area contributed by atoms with E-state index in [0.717, 1.165) is 63.7 Å². The topological polar surface area (TPSA) is 78.9 Å². The van der Waals surface area contributed by atoms with Crippen molar-refractivity contribution in [3.8, 4) is 0 Å². The number of unbranched alkanes of at least 4 members (excludes halogenated alkanes) is 34. The lowest BCUT2D eigenvalue weighted by molar-refractivity contribution is -0.167. The third kappa shape index (κ3) is 45.5. The summed E-state index contributed by atoms with van der Waals surface area (Å²) in [6, 6.07) is 0. The van der Waals surface area contributed by atoms with Crippen LogP contribution in [0, 0.1) is 5.92 Å². The van der Waals surface area contributed by atoms with Gasteiger partial charge in [-0.15, -0.1) is 0 Å². The van der Waals surface area contributed by atoms with Gasteiger partial charge < -0.3 is 14.2 Å². The second-order valence-corrected chi connectivity index (χ2v) is 18.3. The number of carbonyl (C=O) groups excluding carboxylic acids is 3. The number of rotatable bonds is 47. The van der Waals surface area contributed by atoms with Crippen molar-refractivity contribution in [3.63, 3.8) is 0 Å². The number of carbonyl (C=O) groups is 3. The molecule has 0 aliphatic carbocycles. The molecule has 0 aromatic carbocycles. The summed E-state index contributed by atoms with van der Waals surface area (Å²) in [5, 5.41) is 0. The van der Waals surface area contributed by atoms with Crippen LogP contribution in [0.25, 0.3) is 0 Å². The minimum Gasteiger partial charge on any atom is -0.462 e. The highest BCUT2D eigenvalue weighted by atomic mass is 16.6. The molecule has 0 saturated carbocycles.